The van der Waals surface area contributed by atoms with E-state index in [-0.39, 0.29) is 17.7 Å². The van der Waals surface area contributed by atoms with E-state index in [1.807, 2.05) is 80.8 Å². The number of carbonyl (C=O) groups is 2. The first-order valence-corrected chi connectivity index (χ1v) is 31.7. The Morgan fingerprint density at radius 3 is 1.98 bits per heavy atom. The summed E-state index contributed by atoms with van der Waals surface area (Å²) in [6.45, 7) is 18.1. The fraction of sp³-hybridized carbons (Fsp3) is 0.324. The molecule has 0 unspecified atom stereocenters. The van der Waals surface area contributed by atoms with Crippen molar-refractivity contribution in [3.8, 4) is 22.6 Å². The molecule has 0 saturated carbocycles. The number of aryl methyl sites for hydroxylation is 4. The monoisotopic (exact) mass is 1210 g/mol. The first kappa shape index (κ1) is 67.2. The van der Waals surface area contributed by atoms with E-state index in [0.29, 0.717) is 65.8 Å². The van der Waals surface area contributed by atoms with Crippen LogP contribution in [0.1, 0.15) is 93.2 Å². The summed E-state index contributed by atoms with van der Waals surface area (Å²) in [4.78, 5) is 35.6. The molecule has 0 bridgehead atoms. The third-order valence-corrected chi connectivity index (χ3v) is 16.4. The van der Waals surface area contributed by atoms with Gasteiger partial charge in [0.15, 0.2) is 0 Å². The predicted octanol–water partition coefficient (Wildman–Crippen LogP) is 13.8. The van der Waals surface area contributed by atoms with Crippen LogP contribution in [0.4, 0.5) is 14.5 Å². The molecule has 2 aromatic heterocycles. The van der Waals surface area contributed by atoms with Crippen LogP contribution in [0.15, 0.2) is 180 Å². The van der Waals surface area contributed by atoms with Crippen LogP contribution in [0.3, 0.4) is 0 Å². The maximum atomic E-state index is 14.8. The number of nitrogens with one attached hydrogen (secondary N) is 2. The van der Waals surface area contributed by atoms with Crippen molar-refractivity contribution in [1.82, 2.24) is 24.4 Å². The second-order valence-corrected chi connectivity index (χ2v) is 22.8. The van der Waals surface area contributed by atoms with Gasteiger partial charge >= 0.3 is 0 Å². The van der Waals surface area contributed by atoms with Crippen molar-refractivity contribution in [2.75, 3.05) is 51.5 Å². The number of amides is 2. The summed E-state index contributed by atoms with van der Waals surface area (Å²) < 4.78 is 83.3. The lowest BCUT2D eigenvalue weighted by Crippen LogP contribution is -2.20. The number of anilines is 1. The molecular weight excluding hydrogens is 1130 g/mol. The first-order valence-electron chi connectivity index (χ1n) is 29.1. The van der Waals surface area contributed by atoms with Gasteiger partial charge in [-0.05, 0) is 149 Å². The molecule has 6 aromatic rings. The van der Waals surface area contributed by atoms with Crippen molar-refractivity contribution in [2.24, 2.45) is 0 Å². The molecule has 0 fully saturated rings. The number of nitrogens with zero attached hydrogens (tertiary/aromatic N) is 4. The summed E-state index contributed by atoms with van der Waals surface area (Å²) in [5.74, 6) is 0.140. The molecule has 0 radical (unpaired) electrons. The highest BCUT2D eigenvalue weighted by molar-refractivity contribution is 7.88. The lowest BCUT2D eigenvalue weighted by molar-refractivity contribution is -0.116. The van der Waals surface area contributed by atoms with Gasteiger partial charge in [0.2, 0.25) is 11.8 Å². The average Bonchev–Trinajstić information content (AvgIpc) is 4.27. The molecular formula is C68H80F2N6O8S2. The summed E-state index contributed by atoms with van der Waals surface area (Å²) in [6, 6.07) is 26.5. The average molecular weight is 1210 g/mol. The molecule has 0 saturated heterocycles. The highest BCUT2D eigenvalue weighted by atomic mass is 32.2. The van der Waals surface area contributed by atoms with Gasteiger partial charge in [0, 0.05) is 71.6 Å². The number of imidazole rings is 2. The molecule has 2 heterocycles. The van der Waals surface area contributed by atoms with Gasteiger partial charge in [-0.15, -0.1) is 0 Å². The number of carbonyl (C=O) groups excluding carboxylic acids is 2. The highest BCUT2D eigenvalue weighted by Gasteiger charge is 2.15. The van der Waals surface area contributed by atoms with E-state index in [9.17, 15) is 26.8 Å². The van der Waals surface area contributed by atoms with Crippen molar-refractivity contribution in [3.63, 3.8) is 0 Å². The summed E-state index contributed by atoms with van der Waals surface area (Å²) in [7, 11) is -2.64. The molecule has 86 heavy (non-hydrogen) atoms. The van der Waals surface area contributed by atoms with Crippen LogP contribution in [0, 0.1) is 19.7 Å². The molecule has 6 rings (SSSR count). The number of aromatic nitrogens is 4. The number of hydrogen-bond acceptors (Lipinski definition) is 10. The molecule has 0 aliphatic carbocycles. The number of ether oxygens (including phenoxy) is 4. The number of rotatable bonds is 37. The van der Waals surface area contributed by atoms with Gasteiger partial charge in [-0.3, -0.25) is 18.0 Å². The van der Waals surface area contributed by atoms with Crippen molar-refractivity contribution < 1.29 is 45.7 Å². The van der Waals surface area contributed by atoms with Crippen molar-refractivity contribution in [1.29, 1.82) is 0 Å². The summed E-state index contributed by atoms with van der Waals surface area (Å²) in [5, 5.41) is 5.54. The van der Waals surface area contributed by atoms with E-state index in [2.05, 4.69) is 38.7 Å². The Morgan fingerprint density at radius 2 is 1.31 bits per heavy atom. The van der Waals surface area contributed by atoms with Crippen LogP contribution >= 0.6 is 0 Å². The third kappa shape index (κ3) is 22.5. The van der Waals surface area contributed by atoms with E-state index in [0.717, 1.165) is 110 Å². The quantitative estimate of drug-likeness (QED) is 0.0218. The number of halogens is 2. The molecule has 0 aliphatic rings. The fourth-order valence-electron chi connectivity index (χ4n) is 8.69. The van der Waals surface area contributed by atoms with Gasteiger partial charge in [0.05, 0.1) is 81.7 Å². The minimum absolute atomic E-state index is 0.173. The van der Waals surface area contributed by atoms with Crippen molar-refractivity contribution >= 4 is 51.3 Å². The normalized spacial score (nSPS) is 13.0. The minimum Gasteiger partial charge on any atom is -0.491 e. The van der Waals surface area contributed by atoms with E-state index in [4.69, 9.17) is 18.9 Å². The topological polar surface area (TPSA) is 165 Å². The Kier molecular flexibility index (Phi) is 28.8. The van der Waals surface area contributed by atoms with Crippen molar-refractivity contribution in [3.05, 3.63) is 215 Å². The zero-order valence-electron chi connectivity index (χ0n) is 49.9. The number of hydrogen-bond donors (Lipinski definition) is 2. The second-order valence-electron chi connectivity index (χ2n) is 19.9. The molecule has 0 aliphatic heterocycles. The smallest absolute Gasteiger partial charge is 0.248 e. The van der Waals surface area contributed by atoms with Crippen LogP contribution in [0.5, 0.6) is 11.5 Å². The van der Waals surface area contributed by atoms with Crippen LogP contribution < -0.4 is 20.1 Å². The summed E-state index contributed by atoms with van der Waals surface area (Å²) >= 11 is 0. The van der Waals surface area contributed by atoms with Gasteiger partial charge in [-0.1, -0.05) is 87.4 Å². The lowest BCUT2D eigenvalue weighted by atomic mass is 10.0. The SMILES string of the molecule is C=C/C(F)=C(/C=C/C(=O)NC/C=C\C(=C/C)[S@@](=O)Cc1c(C)ncn1CC)\C=C\c1ccc(OCCOCCCCCCn2cnc(C)c2C[S@@](=O)c2ccc(NC(=O)/C=C/c3cc(-c4ccc(OCCOCCCC)cc4)ccc3F)cc2)cc1. The molecule has 14 nitrogen and oxygen atoms in total. The van der Waals surface area contributed by atoms with Gasteiger partial charge in [0.25, 0.3) is 0 Å². The van der Waals surface area contributed by atoms with Crippen LogP contribution in [-0.2, 0) is 65.3 Å². The zero-order valence-corrected chi connectivity index (χ0v) is 51.6. The Labute approximate surface area is 510 Å². The maximum absolute atomic E-state index is 14.8. The Hall–Kier alpha value is -7.90. The molecule has 18 heteroatoms. The number of unbranched alkanes of at least 4 members (excludes halogenated alkanes) is 4. The predicted molar refractivity (Wildman–Crippen MR) is 342 cm³/mol. The van der Waals surface area contributed by atoms with Gasteiger partial charge in [-0.2, -0.15) is 0 Å². The maximum Gasteiger partial charge on any atom is 0.248 e. The van der Waals surface area contributed by atoms with Gasteiger partial charge in [0.1, 0.15) is 36.4 Å². The third-order valence-electron chi connectivity index (χ3n) is 13.7. The summed E-state index contributed by atoms with van der Waals surface area (Å²) in [6.07, 6.45) is 24.5. The van der Waals surface area contributed by atoms with E-state index >= 15 is 0 Å². The summed E-state index contributed by atoms with van der Waals surface area (Å²) in [5.41, 5.74) is 6.96. The van der Waals surface area contributed by atoms with Crippen LogP contribution in [-0.4, -0.2) is 85.5 Å². The van der Waals surface area contributed by atoms with Gasteiger partial charge in [-0.25, -0.2) is 18.7 Å². The molecule has 2 N–H and O–H groups in total. The molecule has 456 valence electrons. The van der Waals surface area contributed by atoms with E-state index < -0.39 is 45.1 Å². The lowest BCUT2D eigenvalue weighted by Gasteiger charge is -2.10. The molecule has 2 amide bonds. The Bertz CT molecular complexity index is 3380. The number of benzene rings is 4. The fourth-order valence-corrected chi connectivity index (χ4v) is 11.2. The zero-order chi connectivity index (χ0) is 61.5. The Balaban J connectivity index is 0.833. The second kappa shape index (κ2) is 36.8. The van der Waals surface area contributed by atoms with Crippen LogP contribution in [0.2, 0.25) is 0 Å². The number of allylic oxidation sites excluding steroid dienone is 7. The highest BCUT2D eigenvalue weighted by Crippen LogP contribution is 2.26. The van der Waals surface area contributed by atoms with E-state index in [1.54, 1.807) is 79.4 Å². The Morgan fingerprint density at radius 1 is 0.674 bits per heavy atom. The van der Waals surface area contributed by atoms with Gasteiger partial charge < -0.3 is 38.7 Å². The molecule has 4 aromatic carbocycles. The standard InChI is InChI=1S/C68H80F2N6O8S2/c1-7-11-40-81-42-44-84-60-31-22-54(23-32-60)56-24-35-64(70)57(46-56)26-37-68(78)74-58-27-33-62(34-28-58)86(80)48-66-52(6)73-50-76(66)39-14-12-13-15-41-82-43-45-83-59-29-19-53(20-30-59)18-21-55(63(69)9-3)25-36-67(77)71-38-16-17-61(8-2)85(79)47-65-51(5)72-49-75(65)10-4/h8-9,16-37,46,49-50H,3,7,10-15,38-45,47-48H2,1-2,4-6H3,(H,71,77)(H,74,78)/b17-16-,21-18+,36-25+,37-26+,61-8+,63-55-/t85-,86+/m0/s1. The first-order chi connectivity index (χ1) is 41.8. The molecule has 0 spiro atoms. The molecule has 2 atom stereocenters. The van der Waals surface area contributed by atoms with E-state index in [1.165, 1.54) is 30.4 Å². The van der Waals surface area contributed by atoms with Crippen molar-refractivity contribution in [2.45, 2.75) is 103 Å². The minimum atomic E-state index is -1.36. The van der Waals surface area contributed by atoms with Crippen LogP contribution in [0.25, 0.3) is 23.3 Å². The largest absolute Gasteiger partial charge is 0.491 e.